The van der Waals surface area contributed by atoms with Crippen LogP contribution < -0.4 is 9.62 Å². The summed E-state index contributed by atoms with van der Waals surface area (Å²) in [4.78, 5) is 28.4. The van der Waals surface area contributed by atoms with E-state index in [9.17, 15) is 18.0 Å². The third-order valence-electron chi connectivity index (χ3n) is 6.51. The summed E-state index contributed by atoms with van der Waals surface area (Å²) in [6, 6.07) is 16.4. The van der Waals surface area contributed by atoms with Gasteiger partial charge in [-0.15, -0.1) is 0 Å². The summed E-state index contributed by atoms with van der Waals surface area (Å²) < 4.78 is 28.7. The standard InChI is InChI=1S/C29H32Cl3N3O4S/c1-5-20(3)33-29(37)21(4)34(17-22-11-12-24(31)16-27(22)32)28(36)18-35(25-8-6-7-23(30)15-25)40(38,39)26-13-9-19(2)10-14-26/h6-16,20-21H,5,17-18H2,1-4H3,(H,33,37)/t20-,21+/m0/s1. The molecular weight excluding hydrogens is 593 g/mol. The number of benzene rings is 3. The van der Waals surface area contributed by atoms with Crippen molar-refractivity contribution in [3.63, 3.8) is 0 Å². The van der Waals surface area contributed by atoms with Crippen molar-refractivity contribution < 1.29 is 18.0 Å². The van der Waals surface area contributed by atoms with Gasteiger partial charge in [0.15, 0.2) is 0 Å². The number of carbonyl (C=O) groups is 2. The van der Waals surface area contributed by atoms with E-state index in [1.54, 1.807) is 55.5 Å². The molecule has 0 heterocycles. The number of halogens is 3. The van der Waals surface area contributed by atoms with Crippen molar-refractivity contribution in [2.45, 2.75) is 57.6 Å². The first-order chi connectivity index (χ1) is 18.8. The van der Waals surface area contributed by atoms with Crippen LogP contribution in [0.1, 0.15) is 38.3 Å². The Morgan fingerprint density at radius 2 is 1.57 bits per heavy atom. The van der Waals surface area contributed by atoms with Gasteiger partial charge in [0.25, 0.3) is 10.0 Å². The maximum absolute atomic E-state index is 14.0. The molecule has 3 aromatic rings. The minimum Gasteiger partial charge on any atom is -0.352 e. The number of nitrogens with zero attached hydrogens (tertiary/aromatic N) is 2. The van der Waals surface area contributed by atoms with Crippen molar-refractivity contribution in [1.82, 2.24) is 10.2 Å². The molecule has 2 atom stereocenters. The van der Waals surface area contributed by atoms with Crippen molar-refractivity contribution in [2.24, 2.45) is 0 Å². The zero-order valence-corrected chi connectivity index (χ0v) is 25.8. The third kappa shape index (κ3) is 7.91. The van der Waals surface area contributed by atoms with Crippen molar-refractivity contribution in [3.05, 3.63) is 92.9 Å². The second-order valence-electron chi connectivity index (χ2n) is 9.56. The lowest BCUT2D eigenvalue weighted by molar-refractivity contribution is -0.139. The van der Waals surface area contributed by atoms with Gasteiger partial charge in [0.2, 0.25) is 11.8 Å². The van der Waals surface area contributed by atoms with E-state index in [4.69, 9.17) is 34.8 Å². The molecule has 2 amide bonds. The summed E-state index contributed by atoms with van der Waals surface area (Å²) in [5, 5.41) is 3.94. The fraction of sp³-hybridized carbons (Fsp3) is 0.310. The van der Waals surface area contributed by atoms with Crippen LogP contribution in [0.15, 0.2) is 71.6 Å². The monoisotopic (exact) mass is 623 g/mol. The zero-order chi connectivity index (χ0) is 29.6. The number of amides is 2. The van der Waals surface area contributed by atoms with Crippen molar-refractivity contribution in [1.29, 1.82) is 0 Å². The molecule has 0 saturated carbocycles. The Balaban J connectivity index is 2.05. The van der Waals surface area contributed by atoms with Crippen molar-refractivity contribution in [2.75, 3.05) is 10.8 Å². The summed E-state index contributed by atoms with van der Waals surface area (Å²) in [6.07, 6.45) is 0.701. The summed E-state index contributed by atoms with van der Waals surface area (Å²) in [5.74, 6) is -0.975. The van der Waals surface area contributed by atoms with Crippen LogP contribution in [0.5, 0.6) is 0 Å². The van der Waals surface area contributed by atoms with Gasteiger partial charge in [-0.2, -0.15) is 0 Å². The Labute approximate surface area is 251 Å². The summed E-state index contributed by atoms with van der Waals surface area (Å²) in [5.41, 5.74) is 1.65. The van der Waals surface area contributed by atoms with E-state index >= 15 is 0 Å². The van der Waals surface area contributed by atoms with Crippen molar-refractivity contribution in [3.8, 4) is 0 Å². The molecule has 0 radical (unpaired) electrons. The van der Waals surface area contributed by atoms with Gasteiger partial charge in [-0.05, 0) is 75.2 Å². The number of carbonyl (C=O) groups excluding carboxylic acids is 2. The van der Waals surface area contributed by atoms with Crippen molar-refractivity contribution >= 4 is 62.3 Å². The number of anilines is 1. The summed E-state index contributed by atoms with van der Waals surface area (Å²) in [6.45, 7) is 6.62. The number of nitrogens with one attached hydrogen (secondary N) is 1. The Morgan fingerprint density at radius 1 is 0.925 bits per heavy atom. The Kier molecular flexibility index (Phi) is 10.9. The van der Waals surface area contributed by atoms with Crippen LogP contribution in [-0.4, -0.2) is 43.8 Å². The second kappa shape index (κ2) is 13.7. The van der Waals surface area contributed by atoms with Crippen LogP contribution >= 0.6 is 34.8 Å². The lowest BCUT2D eigenvalue weighted by Crippen LogP contribution is -2.52. The van der Waals surface area contributed by atoms with E-state index in [0.717, 1.165) is 9.87 Å². The molecule has 3 aromatic carbocycles. The second-order valence-corrected chi connectivity index (χ2v) is 12.7. The first-order valence-electron chi connectivity index (χ1n) is 12.7. The van der Waals surface area contributed by atoms with Gasteiger partial charge in [0.05, 0.1) is 10.6 Å². The molecule has 0 fully saturated rings. The van der Waals surface area contributed by atoms with E-state index in [-0.39, 0.29) is 29.1 Å². The highest BCUT2D eigenvalue weighted by atomic mass is 35.5. The quantitative estimate of drug-likeness (QED) is 0.265. The molecule has 0 spiro atoms. The number of aryl methyl sites for hydroxylation is 1. The van der Waals surface area contributed by atoms with E-state index < -0.39 is 28.5 Å². The number of rotatable bonds is 11. The molecule has 3 rings (SSSR count). The molecule has 0 aliphatic heterocycles. The molecule has 11 heteroatoms. The Morgan fingerprint density at radius 3 is 2.17 bits per heavy atom. The molecule has 214 valence electrons. The molecule has 0 unspecified atom stereocenters. The van der Waals surface area contributed by atoms with Gasteiger partial charge >= 0.3 is 0 Å². The highest BCUT2D eigenvalue weighted by Crippen LogP contribution is 2.28. The largest absolute Gasteiger partial charge is 0.352 e. The molecule has 0 bridgehead atoms. The van der Waals surface area contributed by atoms with Crippen LogP contribution in [0, 0.1) is 6.92 Å². The third-order valence-corrected chi connectivity index (χ3v) is 9.12. The first kappa shape index (κ1) is 31.7. The van der Waals surface area contributed by atoms with Crippen LogP contribution in [0.4, 0.5) is 5.69 Å². The molecule has 7 nitrogen and oxygen atoms in total. The fourth-order valence-electron chi connectivity index (χ4n) is 3.88. The highest BCUT2D eigenvalue weighted by molar-refractivity contribution is 7.92. The maximum atomic E-state index is 14.0. The number of sulfonamides is 1. The van der Waals surface area contributed by atoms with Gasteiger partial charge in [-0.25, -0.2) is 8.42 Å². The van der Waals surface area contributed by atoms with E-state index in [0.29, 0.717) is 27.1 Å². The topological polar surface area (TPSA) is 86.8 Å². The lowest BCUT2D eigenvalue weighted by atomic mass is 10.1. The van der Waals surface area contributed by atoms with Gasteiger partial charge in [0.1, 0.15) is 12.6 Å². The molecule has 0 aliphatic carbocycles. The zero-order valence-electron chi connectivity index (χ0n) is 22.7. The first-order valence-corrected chi connectivity index (χ1v) is 15.3. The van der Waals surface area contributed by atoms with E-state index in [2.05, 4.69) is 5.32 Å². The predicted molar refractivity (Wildman–Crippen MR) is 162 cm³/mol. The minimum absolute atomic E-state index is 0.0146. The minimum atomic E-state index is -4.19. The van der Waals surface area contributed by atoms with E-state index in [1.807, 2.05) is 20.8 Å². The van der Waals surface area contributed by atoms with Gasteiger partial charge < -0.3 is 10.2 Å². The predicted octanol–water partition coefficient (Wildman–Crippen LogP) is 6.48. The Hall–Kier alpha value is -2.78. The smallest absolute Gasteiger partial charge is 0.264 e. The van der Waals surface area contributed by atoms with Gasteiger partial charge in [0, 0.05) is 27.7 Å². The average Bonchev–Trinajstić information content (AvgIpc) is 2.90. The fourth-order valence-corrected chi connectivity index (χ4v) is 5.94. The van der Waals surface area contributed by atoms with Crippen LogP contribution in [-0.2, 0) is 26.2 Å². The molecule has 40 heavy (non-hydrogen) atoms. The molecular formula is C29H32Cl3N3O4S. The molecule has 0 saturated heterocycles. The SMILES string of the molecule is CC[C@H](C)NC(=O)[C@@H](C)N(Cc1ccc(Cl)cc1Cl)C(=O)CN(c1cccc(Cl)c1)S(=O)(=O)c1ccc(C)cc1. The maximum Gasteiger partial charge on any atom is 0.264 e. The van der Waals surface area contributed by atoms with E-state index in [1.165, 1.54) is 23.1 Å². The van der Waals surface area contributed by atoms with Gasteiger partial charge in [-0.1, -0.05) is 71.6 Å². The summed E-state index contributed by atoms with van der Waals surface area (Å²) in [7, 11) is -4.19. The average molecular weight is 625 g/mol. The lowest BCUT2D eigenvalue weighted by Gasteiger charge is -2.32. The van der Waals surface area contributed by atoms with Crippen LogP contribution in [0.25, 0.3) is 0 Å². The molecule has 1 N–H and O–H groups in total. The van der Waals surface area contributed by atoms with Crippen LogP contribution in [0.2, 0.25) is 15.1 Å². The highest BCUT2D eigenvalue weighted by Gasteiger charge is 2.33. The number of hydrogen-bond acceptors (Lipinski definition) is 4. The molecule has 0 aliphatic rings. The van der Waals surface area contributed by atoms with Gasteiger partial charge in [-0.3, -0.25) is 13.9 Å². The molecule has 0 aromatic heterocycles. The Bertz CT molecular complexity index is 1470. The summed E-state index contributed by atoms with van der Waals surface area (Å²) >= 11 is 18.7. The normalized spacial score (nSPS) is 12.9. The van der Waals surface area contributed by atoms with Crippen LogP contribution in [0.3, 0.4) is 0 Å². The number of hydrogen-bond donors (Lipinski definition) is 1.